The second kappa shape index (κ2) is 7.67. The highest BCUT2D eigenvalue weighted by molar-refractivity contribution is 9.10. The van der Waals surface area contributed by atoms with Gasteiger partial charge in [0.15, 0.2) is 11.5 Å². The van der Waals surface area contributed by atoms with Crippen molar-refractivity contribution in [2.24, 2.45) is 11.0 Å². The van der Waals surface area contributed by atoms with Gasteiger partial charge in [-0.25, -0.2) is 4.83 Å². The maximum Gasteiger partial charge on any atom is 0.276 e. The molecule has 0 aliphatic carbocycles. The second-order valence-electron chi connectivity index (χ2n) is 6.32. The number of fused-ring (bicyclic) bond motifs is 1. The average Bonchev–Trinajstić information content (AvgIpc) is 3.02. The Balaban J connectivity index is 1.71. The summed E-state index contributed by atoms with van der Waals surface area (Å²) in [5.74, 6) is 1.75. The fraction of sp³-hybridized carbons (Fsp3) is 0.278. The van der Waals surface area contributed by atoms with E-state index in [-0.39, 0.29) is 11.7 Å². The van der Waals surface area contributed by atoms with Gasteiger partial charge in [-0.1, -0.05) is 26.0 Å². The Kier molecular flexibility index (Phi) is 5.52. The quantitative estimate of drug-likeness (QED) is 0.550. The molecule has 1 heterocycles. The van der Waals surface area contributed by atoms with Crippen LogP contribution in [0.1, 0.15) is 25.0 Å². The predicted molar refractivity (Wildman–Crippen MR) is 103 cm³/mol. The Bertz CT molecular complexity index is 925. The molecule has 1 N–H and O–H groups in total. The number of hydrogen-bond acceptors (Lipinski definition) is 5. The van der Waals surface area contributed by atoms with Crippen LogP contribution >= 0.6 is 15.9 Å². The first-order chi connectivity index (χ1) is 12.3. The smallest absolute Gasteiger partial charge is 0.276 e. The van der Waals surface area contributed by atoms with Crippen molar-refractivity contribution in [2.75, 3.05) is 6.79 Å². The number of benzene rings is 2. The molecule has 0 aromatic heterocycles. The second-order valence-corrected chi connectivity index (χ2v) is 8.84. The van der Waals surface area contributed by atoms with Crippen molar-refractivity contribution >= 4 is 32.2 Å². The van der Waals surface area contributed by atoms with E-state index in [0.29, 0.717) is 23.0 Å². The SMILES string of the molecule is CC(C)Cc1ccc(S(=O)(=O)N/N=C/c2cc3c(cc2Br)OCO3)cc1. The van der Waals surface area contributed by atoms with E-state index in [1.54, 1.807) is 24.3 Å². The van der Waals surface area contributed by atoms with Gasteiger partial charge in [-0.15, -0.1) is 0 Å². The molecular weight excluding hydrogens is 420 g/mol. The molecule has 2 aromatic carbocycles. The van der Waals surface area contributed by atoms with Gasteiger partial charge in [-0.05, 0) is 58.1 Å². The Hall–Kier alpha value is -2.06. The first kappa shape index (κ1) is 18.7. The van der Waals surface area contributed by atoms with Gasteiger partial charge < -0.3 is 9.47 Å². The zero-order valence-electron chi connectivity index (χ0n) is 14.4. The Morgan fingerprint density at radius 2 is 1.85 bits per heavy atom. The van der Waals surface area contributed by atoms with Crippen molar-refractivity contribution in [1.82, 2.24) is 4.83 Å². The zero-order chi connectivity index (χ0) is 18.7. The summed E-state index contributed by atoms with van der Waals surface area (Å²) in [5.41, 5.74) is 1.77. The summed E-state index contributed by atoms with van der Waals surface area (Å²) in [5, 5.41) is 3.86. The van der Waals surface area contributed by atoms with Gasteiger partial charge in [-0.2, -0.15) is 13.5 Å². The molecule has 0 bridgehead atoms. The highest BCUT2D eigenvalue weighted by Crippen LogP contribution is 2.36. The van der Waals surface area contributed by atoms with Crippen LogP contribution in [0.4, 0.5) is 0 Å². The molecule has 8 heteroatoms. The van der Waals surface area contributed by atoms with E-state index in [1.807, 2.05) is 12.1 Å². The van der Waals surface area contributed by atoms with Crippen LogP contribution in [0.25, 0.3) is 0 Å². The first-order valence-corrected chi connectivity index (χ1v) is 10.4. The first-order valence-electron chi connectivity index (χ1n) is 8.08. The van der Waals surface area contributed by atoms with E-state index in [4.69, 9.17) is 9.47 Å². The van der Waals surface area contributed by atoms with Crippen LogP contribution in [-0.2, 0) is 16.4 Å². The molecule has 0 spiro atoms. The van der Waals surface area contributed by atoms with Crippen molar-refractivity contribution in [3.8, 4) is 11.5 Å². The molecule has 0 unspecified atom stereocenters. The number of sulfonamides is 1. The van der Waals surface area contributed by atoms with Crippen LogP contribution in [0, 0.1) is 5.92 Å². The fourth-order valence-corrected chi connectivity index (χ4v) is 3.74. The molecular formula is C18H19BrN2O4S. The molecule has 0 atom stereocenters. The molecule has 138 valence electrons. The normalized spacial score (nSPS) is 13.5. The largest absolute Gasteiger partial charge is 0.454 e. The standard InChI is InChI=1S/C18H19BrN2O4S/c1-12(2)7-13-3-5-15(6-4-13)26(22,23)21-20-10-14-8-17-18(9-16(14)19)25-11-24-17/h3-6,8-10,12,21H,7,11H2,1-2H3/b20-10+. The lowest BCUT2D eigenvalue weighted by molar-refractivity contribution is 0.174. The molecule has 0 amide bonds. The summed E-state index contributed by atoms with van der Waals surface area (Å²) in [7, 11) is -3.72. The number of hydrogen-bond donors (Lipinski definition) is 1. The van der Waals surface area contributed by atoms with Gasteiger partial charge in [-0.3, -0.25) is 0 Å². The van der Waals surface area contributed by atoms with Crippen molar-refractivity contribution < 1.29 is 17.9 Å². The molecule has 2 aromatic rings. The van der Waals surface area contributed by atoms with E-state index in [9.17, 15) is 8.42 Å². The van der Waals surface area contributed by atoms with Gasteiger partial charge in [0.2, 0.25) is 6.79 Å². The molecule has 1 aliphatic rings. The molecule has 26 heavy (non-hydrogen) atoms. The van der Waals surface area contributed by atoms with Crippen molar-refractivity contribution in [3.05, 3.63) is 52.0 Å². The third-order valence-corrected chi connectivity index (χ3v) is 5.67. The van der Waals surface area contributed by atoms with Gasteiger partial charge in [0, 0.05) is 10.0 Å². The third kappa shape index (κ3) is 4.37. The molecule has 0 radical (unpaired) electrons. The Labute approximate surface area is 161 Å². The van der Waals surface area contributed by atoms with Crippen LogP contribution < -0.4 is 14.3 Å². The van der Waals surface area contributed by atoms with Gasteiger partial charge in [0.25, 0.3) is 10.0 Å². The predicted octanol–water partition coefficient (Wildman–Crippen LogP) is 3.69. The lowest BCUT2D eigenvalue weighted by Crippen LogP contribution is -2.18. The van der Waals surface area contributed by atoms with Crippen LogP contribution in [0.5, 0.6) is 11.5 Å². The van der Waals surface area contributed by atoms with Gasteiger partial charge in [0.05, 0.1) is 11.1 Å². The highest BCUT2D eigenvalue weighted by atomic mass is 79.9. The molecule has 0 saturated carbocycles. The van der Waals surface area contributed by atoms with Crippen LogP contribution in [-0.4, -0.2) is 21.4 Å². The zero-order valence-corrected chi connectivity index (χ0v) is 16.8. The van der Waals surface area contributed by atoms with Crippen LogP contribution in [0.15, 0.2) is 50.9 Å². The lowest BCUT2D eigenvalue weighted by atomic mass is 10.0. The minimum Gasteiger partial charge on any atom is -0.454 e. The fourth-order valence-electron chi connectivity index (χ4n) is 2.53. The van der Waals surface area contributed by atoms with E-state index in [1.165, 1.54) is 6.21 Å². The van der Waals surface area contributed by atoms with E-state index >= 15 is 0 Å². The maximum absolute atomic E-state index is 12.3. The molecule has 3 rings (SSSR count). The number of nitrogens with zero attached hydrogens (tertiary/aromatic N) is 1. The monoisotopic (exact) mass is 438 g/mol. The van der Waals surface area contributed by atoms with Gasteiger partial charge >= 0.3 is 0 Å². The minimum atomic E-state index is -3.72. The van der Waals surface area contributed by atoms with E-state index in [2.05, 4.69) is 39.7 Å². The van der Waals surface area contributed by atoms with E-state index in [0.717, 1.165) is 16.5 Å². The summed E-state index contributed by atoms with van der Waals surface area (Å²) in [6, 6.07) is 10.3. The summed E-state index contributed by atoms with van der Waals surface area (Å²) in [6.45, 7) is 4.41. The number of hydrazone groups is 1. The van der Waals surface area contributed by atoms with Crippen molar-refractivity contribution in [3.63, 3.8) is 0 Å². The topological polar surface area (TPSA) is 77.0 Å². The Morgan fingerprint density at radius 1 is 1.19 bits per heavy atom. The number of nitrogens with one attached hydrogen (secondary N) is 1. The van der Waals surface area contributed by atoms with Crippen molar-refractivity contribution in [2.45, 2.75) is 25.2 Å². The summed E-state index contributed by atoms with van der Waals surface area (Å²) >= 11 is 3.40. The number of ether oxygens (including phenoxy) is 2. The number of halogens is 1. The minimum absolute atomic E-state index is 0.168. The van der Waals surface area contributed by atoms with E-state index < -0.39 is 10.0 Å². The summed E-state index contributed by atoms with van der Waals surface area (Å²) < 4.78 is 36.0. The van der Waals surface area contributed by atoms with Crippen LogP contribution in [0.2, 0.25) is 0 Å². The Morgan fingerprint density at radius 3 is 2.50 bits per heavy atom. The summed E-state index contributed by atoms with van der Waals surface area (Å²) in [6.07, 6.45) is 2.32. The molecule has 0 saturated heterocycles. The van der Waals surface area contributed by atoms with Crippen LogP contribution in [0.3, 0.4) is 0 Å². The number of rotatable bonds is 6. The highest BCUT2D eigenvalue weighted by Gasteiger charge is 2.16. The third-order valence-electron chi connectivity index (χ3n) is 3.75. The average molecular weight is 439 g/mol. The maximum atomic E-state index is 12.3. The van der Waals surface area contributed by atoms with Crippen molar-refractivity contribution in [1.29, 1.82) is 0 Å². The molecule has 6 nitrogen and oxygen atoms in total. The lowest BCUT2D eigenvalue weighted by Gasteiger charge is -2.07. The molecule has 0 fully saturated rings. The molecule has 1 aliphatic heterocycles. The van der Waals surface area contributed by atoms with Gasteiger partial charge in [0.1, 0.15) is 0 Å². The summed E-state index contributed by atoms with van der Waals surface area (Å²) in [4.78, 5) is 2.40.